The summed E-state index contributed by atoms with van der Waals surface area (Å²) in [6, 6.07) is 0.161. The standard InChI is InChI=1S/C12H19NO4/c1-8-6-10(4-5-17-8)13-7-9(12(15)16)2-3-11(13)14/h8-10H,2-7H2,1H3,(H,15,16). The number of carbonyl (C=O) groups is 2. The van der Waals surface area contributed by atoms with E-state index < -0.39 is 11.9 Å². The van der Waals surface area contributed by atoms with Gasteiger partial charge in [0.2, 0.25) is 5.91 Å². The smallest absolute Gasteiger partial charge is 0.308 e. The molecule has 2 aliphatic heterocycles. The van der Waals surface area contributed by atoms with Gasteiger partial charge in [0.05, 0.1) is 12.0 Å². The highest BCUT2D eigenvalue weighted by Gasteiger charge is 2.35. The Morgan fingerprint density at radius 1 is 1.47 bits per heavy atom. The van der Waals surface area contributed by atoms with Crippen molar-refractivity contribution >= 4 is 11.9 Å². The molecule has 1 amide bonds. The van der Waals surface area contributed by atoms with Crippen molar-refractivity contribution in [2.75, 3.05) is 13.2 Å². The lowest BCUT2D eigenvalue weighted by molar-refractivity contribution is -0.150. The molecule has 3 atom stereocenters. The number of carbonyl (C=O) groups excluding carboxylic acids is 1. The minimum absolute atomic E-state index is 0.0987. The highest BCUT2D eigenvalue weighted by Crippen LogP contribution is 2.26. The minimum Gasteiger partial charge on any atom is -0.481 e. The Morgan fingerprint density at radius 3 is 2.88 bits per heavy atom. The van der Waals surface area contributed by atoms with Crippen molar-refractivity contribution in [3.63, 3.8) is 0 Å². The van der Waals surface area contributed by atoms with Crippen molar-refractivity contribution in [2.24, 2.45) is 5.92 Å². The van der Waals surface area contributed by atoms with Crippen LogP contribution in [0.4, 0.5) is 0 Å². The predicted octanol–water partition coefficient (Wildman–Crippen LogP) is 0.877. The van der Waals surface area contributed by atoms with E-state index in [9.17, 15) is 9.59 Å². The highest BCUT2D eigenvalue weighted by atomic mass is 16.5. The molecule has 0 aromatic rings. The second kappa shape index (κ2) is 5.04. The first kappa shape index (κ1) is 12.4. The molecule has 2 aliphatic rings. The molecule has 1 N–H and O–H groups in total. The van der Waals surface area contributed by atoms with Crippen LogP contribution in [0.5, 0.6) is 0 Å². The Morgan fingerprint density at radius 2 is 2.24 bits per heavy atom. The zero-order valence-corrected chi connectivity index (χ0v) is 10.1. The zero-order valence-electron chi connectivity index (χ0n) is 10.1. The largest absolute Gasteiger partial charge is 0.481 e. The Balaban J connectivity index is 2.01. The van der Waals surface area contributed by atoms with E-state index in [0.29, 0.717) is 26.0 Å². The van der Waals surface area contributed by atoms with Crippen LogP contribution in [-0.4, -0.2) is 47.2 Å². The molecule has 2 rings (SSSR count). The maximum atomic E-state index is 11.9. The number of piperidine rings is 1. The molecular formula is C12H19NO4. The van der Waals surface area contributed by atoms with E-state index in [1.54, 1.807) is 4.90 Å². The number of carboxylic acids is 1. The van der Waals surface area contributed by atoms with Gasteiger partial charge in [-0.2, -0.15) is 0 Å². The number of nitrogens with zero attached hydrogens (tertiary/aromatic N) is 1. The summed E-state index contributed by atoms with van der Waals surface area (Å²) in [6.45, 7) is 3.02. The van der Waals surface area contributed by atoms with E-state index in [2.05, 4.69) is 0 Å². The van der Waals surface area contributed by atoms with Crippen LogP contribution in [0.1, 0.15) is 32.6 Å². The summed E-state index contributed by atoms with van der Waals surface area (Å²) in [5, 5.41) is 9.03. The van der Waals surface area contributed by atoms with Crippen molar-refractivity contribution in [1.82, 2.24) is 4.90 Å². The third kappa shape index (κ3) is 2.77. The average Bonchev–Trinajstić information content (AvgIpc) is 2.29. The number of likely N-dealkylation sites (tertiary alicyclic amines) is 1. The van der Waals surface area contributed by atoms with Gasteiger partial charge in [-0.25, -0.2) is 0 Å². The molecule has 2 fully saturated rings. The van der Waals surface area contributed by atoms with E-state index in [4.69, 9.17) is 9.84 Å². The first-order chi connectivity index (χ1) is 8.08. The van der Waals surface area contributed by atoms with E-state index >= 15 is 0 Å². The van der Waals surface area contributed by atoms with Crippen molar-refractivity contribution in [2.45, 2.75) is 44.8 Å². The number of hydrogen-bond donors (Lipinski definition) is 1. The maximum Gasteiger partial charge on any atom is 0.308 e. The van der Waals surface area contributed by atoms with Gasteiger partial charge in [0, 0.05) is 25.6 Å². The molecule has 2 heterocycles. The summed E-state index contributed by atoms with van der Waals surface area (Å²) < 4.78 is 5.45. The van der Waals surface area contributed by atoms with Crippen LogP contribution in [0, 0.1) is 5.92 Å². The Bertz CT molecular complexity index is 318. The van der Waals surface area contributed by atoms with Crippen molar-refractivity contribution < 1.29 is 19.4 Å². The van der Waals surface area contributed by atoms with Crippen LogP contribution in [0.15, 0.2) is 0 Å². The molecular weight excluding hydrogens is 222 g/mol. The van der Waals surface area contributed by atoms with Gasteiger partial charge < -0.3 is 14.7 Å². The van der Waals surface area contributed by atoms with Crippen molar-refractivity contribution in [1.29, 1.82) is 0 Å². The van der Waals surface area contributed by atoms with Crippen molar-refractivity contribution in [3.8, 4) is 0 Å². The van der Waals surface area contributed by atoms with Crippen LogP contribution < -0.4 is 0 Å². The first-order valence-electron chi connectivity index (χ1n) is 6.22. The molecule has 0 aromatic heterocycles. The number of amides is 1. The third-order valence-corrected chi connectivity index (χ3v) is 3.69. The fraction of sp³-hybridized carbons (Fsp3) is 0.833. The number of hydrogen-bond acceptors (Lipinski definition) is 3. The minimum atomic E-state index is -0.789. The van der Waals surface area contributed by atoms with Crippen LogP contribution >= 0.6 is 0 Å². The fourth-order valence-corrected chi connectivity index (χ4v) is 2.68. The summed E-state index contributed by atoms with van der Waals surface area (Å²) in [4.78, 5) is 24.6. The molecule has 2 saturated heterocycles. The molecule has 0 aliphatic carbocycles. The SMILES string of the molecule is CC1CC(N2CC(C(=O)O)CCC2=O)CCO1. The molecule has 5 heteroatoms. The second-order valence-corrected chi connectivity index (χ2v) is 4.98. The van der Waals surface area contributed by atoms with E-state index in [1.807, 2.05) is 6.92 Å². The predicted molar refractivity (Wildman–Crippen MR) is 60.5 cm³/mol. The third-order valence-electron chi connectivity index (χ3n) is 3.69. The van der Waals surface area contributed by atoms with Gasteiger partial charge in [0.25, 0.3) is 0 Å². The highest BCUT2D eigenvalue weighted by molar-refractivity contribution is 5.80. The molecule has 5 nitrogen and oxygen atoms in total. The van der Waals surface area contributed by atoms with Gasteiger partial charge in [-0.1, -0.05) is 0 Å². The van der Waals surface area contributed by atoms with Crippen LogP contribution in [0.25, 0.3) is 0 Å². The Kier molecular flexibility index (Phi) is 3.66. The lowest BCUT2D eigenvalue weighted by Gasteiger charge is -2.40. The van der Waals surface area contributed by atoms with E-state index in [1.165, 1.54) is 0 Å². The fourth-order valence-electron chi connectivity index (χ4n) is 2.68. The number of carboxylic acid groups (broad SMARTS) is 1. The summed E-state index contributed by atoms with van der Waals surface area (Å²) in [6.07, 6.45) is 2.64. The molecule has 0 bridgehead atoms. The lowest BCUT2D eigenvalue weighted by atomic mass is 9.93. The van der Waals surface area contributed by atoms with Gasteiger partial charge in [-0.3, -0.25) is 9.59 Å². The van der Waals surface area contributed by atoms with Gasteiger partial charge >= 0.3 is 5.97 Å². The normalized spacial score (nSPS) is 34.8. The van der Waals surface area contributed by atoms with Crippen LogP contribution in [0.3, 0.4) is 0 Å². The second-order valence-electron chi connectivity index (χ2n) is 4.98. The molecule has 3 unspecified atom stereocenters. The Hall–Kier alpha value is -1.10. The maximum absolute atomic E-state index is 11.9. The average molecular weight is 241 g/mol. The van der Waals surface area contributed by atoms with Gasteiger partial charge in [0.15, 0.2) is 0 Å². The monoisotopic (exact) mass is 241 g/mol. The molecule has 0 spiro atoms. The summed E-state index contributed by atoms with van der Waals surface area (Å²) in [5.41, 5.74) is 0. The lowest BCUT2D eigenvalue weighted by Crippen LogP contribution is -2.50. The molecule has 0 aromatic carbocycles. The van der Waals surface area contributed by atoms with Crippen LogP contribution in [0.2, 0.25) is 0 Å². The summed E-state index contributed by atoms with van der Waals surface area (Å²) >= 11 is 0. The number of rotatable bonds is 2. The zero-order chi connectivity index (χ0) is 12.4. The summed E-state index contributed by atoms with van der Waals surface area (Å²) in [7, 11) is 0. The van der Waals surface area contributed by atoms with Gasteiger partial charge in [-0.05, 0) is 26.2 Å². The van der Waals surface area contributed by atoms with Crippen molar-refractivity contribution in [3.05, 3.63) is 0 Å². The molecule has 96 valence electrons. The van der Waals surface area contributed by atoms with E-state index in [0.717, 1.165) is 12.8 Å². The first-order valence-corrected chi connectivity index (χ1v) is 6.22. The quantitative estimate of drug-likeness (QED) is 0.779. The molecule has 0 saturated carbocycles. The van der Waals surface area contributed by atoms with Gasteiger partial charge in [0.1, 0.15) is 0 Å². The number of aliphatic carboxylic acids is 1. The summed E-state index contributed by atoms with van der Waals surface area (Å²) in [5.74, 6) is -1.09. The van der Waals surface area contributed by atoms with Crippen LogP contribution in [-0.2, 0) is 14.3 Å². The van der Waals surface area contributed by atoms with Gasteiger partial charge in [-0.15, -0.1) is 0 Å². The topological polar surface area (TPSA) is 66.8 Å². The number of ether oxygens (including phenoxy) is 1. The molecule has 17 heavy (non-hydrogen) atoms. The molecule has 0 radical (unpaired) electrons. The Labute approximate surface area is 101 Å². The van der Waals surface area contributed by atoms with E-state index in [-0.39, 0.29) is 18.1 Å².